The zero-order valence-electron chi connectivity index (χ0n) is 19.6. The van der Waals surface area contributed by atoms with Gasteiger partial charge in [0.25, 0.3) is 5.91 Å². The van der Waals surface area contributed by atoms with Gasteiger partial charge in [0, 0.05) is 5.92 Å². The Hall–Kier alpha value is -4.33. The number of nitrogens with one attached hydrogen (secondary N) is 2. The molecule has 0 spiro atoms. The predicted octanol–water partition coefficient (Wildman–Crippen LogP) is 4.65. The first-order valence-corrected chi connectivity index (χ1v) is 11.1. The van der Waals surface area contributed by atoms with Gasteiger partial charge in [0.2, 0.25) is 0 Å². The summed E-state index contributed by atoms with van der Waals surface area (Å²) in [6.07, 6.45) is -0.733. The highest BCUT2D eigenvalue weighted by atomic mass is 16.5. The van der Waals surface area contributed by atoms with Crippen molar-refractivity contribution in [2.75, 3.05) is 19.0 Å². The molecule has 3 N–H and O–H groups in total. The highest BCUT2D eigenvalue weighted by Gasteiger charge is 2.31. The molecule has 8 nitrogen and oxygen atoms in total. The smallest absolute Gasteiger partial charge is 0.411 e. The Morgan fingerprint density at radius 1 is 0.943 bits per heavy atom. The van der Waals surface area contributed by atoms with Gasteiger partial charge in [-0.15, -0.1) is 0 Å². The number of methoxy groups -OCH3 is 1. The third-order valence-corrected chi connectivity index (χ3v) is 6.01. The van der Waals surface area contributed by atoms with Gasteiger partial charge in [-0.3, -0.25) is 10.1 Å². The zero-order valence-corrected chi connectivity index (χ0v) is 19.6. The number of carbonyl (C=O) groups excluding carboxylic acids is 2. The van der Waals surface area contributed by atoms with Crippen molar-refractivity contribution in [3.63, 3.8) is 0 Å². The van der Waals surface area contributed by atoms with Crippen LogP contribution in [0.2, 0.25) is 0 Å². The number of rotatable bonds is 7. The molecule has 0 unspecified atom stereocenters. The number of aliphatic carboxylic acids is 1. The quantitative estimate of drug-likeness (QED) is 0.459. The maximum atomic E-state index is 12.9. The third-order valence-electron chi connectivity index (χ3n) is 6.01. The molecular weight excluding hydrogens is 448 g/mol. The first kappa shape index (κ1) is 23.8. The number of carbonyl (C=O) groups is 3. The van der Waals surface area contributed by atoms with Crippen LogP contribution in [0.25, 0.3) is 11.1 Å². The maximum Gasteiger partial charge on any atom is 0.411 e. The molecule has 0 heterocycles. The average Bonchev–Trinajstić information content (AvgIpc) is 3.16. The largest absolute Gasteiger partial charge is 0.497 e. The summed E-state index contributed by atoms with van der Waals surface area (Å²) < 4.78 is 10.8. The first-order valence-electron chi connectivity index (χ1n) is 11.1. The van der Waals surface area contributed by atoms with E-state index in [4.69, 9.17) is 9.47 Å². The Bertz CT molecular complexity index is 1250. The lowest BCUT2D eigenvalue weighted by Crippen LogP contribution is -2.49. The molecule has 3 aromatic carbocycles. The lowest BCUT2D eigenvalue weighted by atomic mass is 9.98. The Morgan fingerprint density at radius 3 is 2.11 bits per heavy atom. The van der Waals surface area contributed by atoms with E-state index in [1.165, 1.54) is 33.1 Å². The van der Waals surface area contributed by atoms with Crippen molar-refractivity contribution in [1.29, 1.82) is 0 Å². The highest BCUT2D eigenvalue weighted by Crippen LogP contribution is 2.44. The van der Waals surface area contributed by atoms with Gasteiger partial charge < -0.3 is 19.9 Å². The standard InChI is InChI=1S/C27H26N2O6/c1-27(2,25(31)32)29-24(30)21-14-16(34-3)12-13-23(21)28-26(33)35-15-22-19-10-6-4-8-17(19)18-9-5-7-11-20(18)22/h4-14,22H,15H2,1-3H3,(H,28,33)(H,29,30)(H,31,32). The van der Waals surface area contributed by atoms with E-state index in [-0.39, 0.29) is 23.8 Å². The van der Waals surface area contributed by atoms with E-state index >= 15 is 0 Å². The second kappa shape index (κ2) is 9.50. The van der Waals surface area contributed by atoms with E-state index in [1.807, 2.05) is 36.4 Å². The lowest BCUT2D eigenvalue weighted by Gasteiger charge is -2.22. The van der Waals surface area contributed by atoms with Crippen molar-refractivity contribution >= 4 is 23.7 Å². The van der Waals surface area contributed by atoms with Gasteiger partial charge in [0.1, 0.15) is 17.9 Å². The molecule has 0 atom stereocenters. The summed E-state index contributed by atoms with van der Waals surface area (Å²) in [6.45, 7) is 2.85. The minimum atomic E-state index is -1.51. The van der Waals surface area contributed by atoms with E-state index in [0.29, 0.717) is 5.75 Å². The summed E-state index contributed by atoms with van der Waals surface area (Å²) in [5, 5.41) is 14.4. The van der Waals surface area contributed by atoms with Crippen LogP contribution in [0.5, 0.6) is 5.75 Å². The van der Waals surface area contributed by atoms with Crippen molar-refractivity contribution in [3.8, 4) is 16.9 Å². The molecule has 180 valence electrons. The van der Waals surface area contributed by atoms with Crippen LogP contribution in [0.4, 0.5) is 10.5 Å². The Kier molecular flexibility index (Phi) is 6.46. The van der Waals surface area contributed by atoms with Crippen LogP contribution in [0.15, 0.2) is 66.7 Å². The molecule has 8 heteroatoms. The van der Waals surface area contributed by atoms with Crippen molar-refractivity contribution in [3.05, 3.63) is 83.4 Å². The van der Waals surface area contributed by atoms with E-state index in [1.54, 1.807) is 6.07 Å². The molecule has 0 aromatic heterocycles. The number of carboxylic acids is 1. The molecule has 2 amide bonds. The van der Waals surface area contributed by atoms with Crippen molar-refractivity contribution in [1.82, 2.24) is 5.32 Å². The van der Waals surface area contributed by atoms with Crippen molar-refractivity contribution in [2.45, 2.75) is 25.3 Å². The fourth-order valence-corrected chi connectivity index (χ4v) is 4.10. The minimum absolute atomic E-state index is 0.0483. The molecule has 3 aromatic rings. The maximum absolute atomic E-state index is 12.9. The number of anilines is 1. The summed E-state index contributed by atoms with van der Waals surface area (Å²) in [6, 6.07) is 20.5. The number of fused-ring (bicyclic) bond motifs is 3. The van der Waals surface area contributed by atoms with Crippen LogP contribution in [0.1, 0.15) is 41.3 Å². The minimum Gasteiger partial charge on any atom is -0.497 e. The second-order valence-corrected chi connectivity index (χ2v) is 8.75. The summed E-state index contributed by atoms with van der Waals surface area (Å²) >= 11 is 0. The Balaban J connectivity index is 1.51. The summed E-state index contributed by atoms with van der Waals surface area (Å²) in [4.78, 5) is 37.0. The Labute approximate surface area is 202 Å². The molecule has 0 bridgehead atoms. The van der Waals surface area contributed by atoms with Gasteiger partial charge >= 0.3 is 12.1 Å². The van der Waals surface area contributed by atoms with Gasteiger partial charge in [0.05, 0.1) is 18.4 Å². The fraction of sp³-hybridized carbons (Fsp3) is 0.222. The highest BCUT2D eigenvalue weighted by molar-refractivity contribution is 6.04. The molecule has 0 saturated carbocycles. The summed E-state index contributed by atoms with van der Waals surface area (Å²) in [5.74, 6) is -1.60. The molecular formula is C27H26N2O6. The van der Waals surface area contributed by atoms with E-state index in [2.05, 4.69) is 22.8 Å². The number of carboxylic acid groups (broad SMARTS) is 1. The number of benzene rings is 3. The topological polar surface area (TPSA) is 114 Å². The number of ether oxygens (including phenoxy) is 2. The van der Waals surface area contributed by atoms with Gasteiger partial charge in [-0.1, -0.05) is 48.5 Å². The average molecular weight is 475 g/mol. The summed E-state index contributed by atoms with van der Waals surface area (Å²) in [7, 11) is 1.44. The van der Waals surface area contributed by atoms with E-state index in [9.17, 15) is 19.5 Å². The molecule has 4 rings (SSSR count). The van der Waals surface area contributed by atoms with Crippen molar-refractivity contribution in [2.24, 2.45) is 0 Å². The van der Waals surface area contributed by atoms with Crippen LogP contribution >= 0.6 is 0 Å². The number of hydrogen-bond acceptors (Lipinski definition) is 5. The van der Waals surface area contributed by atoms with E-state index in [0.717, 1.165) is 22.3 Å². The van der Waals surface area contributed by atoms with Crippen LogP contribution in [0, 0.1) is 0 Å². The monoisotopic (exact) mass is 474 g/mol. The number of amides is 2. The molecule has 0 aliphatic heterocycles. The van der Waals surface area contributed by atoms with Crippen LogP contribution in [-0.4, -0.2) is 42.3 Å². The van der Waals surface area contributed by atoms with Crippen LogP contribution in [0.3, 0.4) is 0 Å². The second-order valence-electron chi connectivity index (χ2n) is 8.75. The molecule has 0 saturated heterocycles. The zero-order chi connectivity index (χ0) is 25.2. The molecule has 0 radical (unpaired) electrons. The van der Waals surface area contributed by atoms with Crippen molar-refractivity contribution < 1.29 is 29.0 Å². The number of hydrogen-bond donors (Lipinski definition) is 3. The molecule has 35 heavy (non-hydrogen) atoms. The molecule has 1 aliphatic rings. The Morgan fingerprint density at radius 2 is 1.54 bits per heavy atom. The van der Waals surface area contributed by atoms with Gasteiger partial charge in [-0.05, 0) is 54.3 Å². The van der Waals surface area contributed by atoms with Crippen LogP contribution < -0.4 is 15.4 Å². The molecule has 0 fully saturated rings. The SMILES string of the molecule is COc1ccc(NC(=O)OCC2c3ccccc3-c3ccccc32)c(C(=O)NC(C)(C)C(=O)O)c1. The van der Waals surface area contributed by atoms with Gasteiger partial charge in [-0.2, -0.15) is 0 Å². The molecule has 1 aliphatic carbocycles. The third kappa shape index (κ3) is 4.82. The van der Waals surface area contributed by atoms with E-state index < -0.39 is 23.5 Å². The van der Waals surface area contributed by atoms with Crippen LogP contribution in [-0.2, 0) is 9.53 Å². The fourth-order valence-electron chi connectivity index (χ4n) is 4.10. The van der Waals surface area contributed by atoms with Gasteiger partial charge in [0.15, 0.2) is 0 Å². The normalized spacial score (nSPS) is 12.3. The predicted molar refractivity (Wildman–Crippen MR) is 131 cm³/mol. The lowest BCUT2D eigenvalue weighted by molar-refractivity contribution is -0.143. The van der Waals surface area contributed by atoms with Gasteiger partial charge in [-0.25, -0.2) is 9.59 Å². The first-order chi connectivity index (χ1) is 16.7. The summed E-state index contributed by atoms with van der Waals surface area (Å²) in [5.41, 5.74) is 3.11.